The zero-order chi connectivity index (χ0) is 11.3. The fourth-order valence-corrected chi connectivity index (χ4v) is 1.20. The summed E-state index contributed by atoms with van der Waals surface area (Å²) in [7, 11) is 3.23. The molecule has 0 radical (unpaired) electrons. The number of amides is 1. The molecule has 1 aromatic carbocycles. The lowest BCUT2D eigenvalue weighted by Crippen LogP contribution is -2.29. The van der Waals surface area contributed by atoms with E-state index in [1.165, 1.54) is 4.90 Å². The van der Waals surface area contributed by atoms with Crippen LogP contribution in [0.4, 0.5) is 0 Å². The summed E-state index contributed by atoms with van der Waals surface area (Å²) in [6.07, 6.45) is -0.848. The van der Waals surface area contributed by atoms with E-state index in [1.54, 1.807) is 38.4 Å². The summed E-state index contributed by atoms with van der Waals surface area (Å²) < 4.78 is 4.78. The second-order valence-electron chi connectivity index (χ2n) is 3.26. The Labute approximate surface area is 88.5 Å². The van der Waals surface area contributed by atoms with Gasteiger partial charge in [-0.15, -0.1) is 0 Å². The molecule has 1 unspecified atom stereocenters. The fourth-order valence-electron chi connectivity index (χ4n) is 1.20. The first-order valence-electron chi connectivity index (χ1n) is 4.52. The van der Waals surface area contributed by atoms with Gasteiger partial charge in [-0.05, 0) is 0 Å². The molecule has 4 heteroatoms. The fraction of sp³-hybridized carbons (Fsp3) is 0.273. The third kappa shape index (κ3) is 2.80. The van der Waals surface area contributed by atoms with E-state index >= 15 is 0 Å². The Morgan fingerprint density at radius 1 is 1.33 bits per heavy atom. The summed E-state index contributed by atoms with van der Waals surface area (Å²) in [5.41, 5.74) is 0.670. The zero-order valence-corrected chi connectivity index (χ0v) is 8.71. The topological polar surface area (TPSA) is 46.6 Å². The molecule has 15 heavy (non-hydrogen) atoms. The molecule has 0 heterocycles. The van der Waals surface area contributed by atoms with Crippen molar-refractivity contribution in [3.63, 3.8) is 0 Å². The van der Waals surface area contributed by atoms with E-state index in [2.05, 4.69) is 0 Å². The second-order valence-corrected chi connectivity index (χ2v) is 3.26. The monoisotopic (exact) mass is 207 g/mol. The van der Waals surface area contributed by atoms with Crippen LogP contribution in [-0.4, -0.2) is 31.4 Å². The Bertz CT molecular complexity index is 335. The minimum absolute atomic E-state index is 0.256. The van der Waals surface area contributed by atoms with E-state index in [1.807, 2.05) is 6.07 Å². The van der Waals surface area contributed by atoms with Gasteiger partial charge >= 0.3 is 0 Å². The third-order valence-corrected chi connectivity index (χ3v) is 1.96. The molecule has 0 fully saturated rings. The van der Waals surface area contributed by atoms with Gasteiger partial charge in [-0.1, -0.05) is 30.3 Å². The number of benzene rings is 1. The number of carbonyl (C=O) groups is 2. The number of hydrogen-bond donors (Lipinski definition) is 0. The zero-order valence-electron chi connectivity index (χ0n) is 8.71. The number of hydrogen-bond acceptors (Lipinski definition) is 3. The lowest BCUT2D eigenvalue weighted by Gasteiger charge is -2.18. The van der Waals surface area contributed by atoms with Crippen molar-refractivity contribution in [1.29, 1.82) is 0 Å². The Hall–Kier alpha value is -1.84. The van der Waals surface area contributed by atoms with Crippen molar-refractivity contribution in [3.05, 3.63) is 35.9 Å². The average Bonchev–Trinajstić information content (AvgIpc) is 2.26. The van der Waals surface area contributed by atoms with Crippen LogP contribution in [0.25, 0.3) is 0 Å². The van der Waals surface area contributed by atoms with E-state index < -0.39 is 6.10 Å². The maximum absolute atomic E-state index is 11.7. The summed E-state index contributed by atoms with van der Waals surface area (Å²) in [6, 6.07) is 8.91. The summed E-state index contributed by atoms with van der Waals surface area (Å²) in [6.45, 7) is 0.291. The largest absolute Gasteiger partial charge is 0.449 e. The van der Waals surface area contributed by atoms with Crippen molar-refractivity contribution in [2.24, 2.45) is 0 Å². The summed E-state index contributed by atoms with van der Waals surface area (Å²) in [4.78, 5) is 23.4. The van der Waals surface area contributed by atoms with Gasteiger partial charge in [-0.2, -0.15) is 0 Å². The quantitative estimate of drug-likeness (QED) is 0.692. The molecular weight excluding hydrogens is 194 g/mol. The highest BCUT2D eigenvalue weighted by atomic mass is 16.5. The summed E-state index contributed by atoms with van der Waals surface area (Å²) in [5.74, 6) is -0.256. The first-order valence-corrected chi connectivity index (χ1v) is 4.52. The van der Waals surface area contributed by atoms with Gasteiger partial charge in [0.25, 0.3) is 12.4 Å². The highest BCUT2D eigenvalue weighted by Crippen LogP contribution is 2.17. The molecule has 0 aliphatic rings. The highest BCUT2D eigenvalue weighted by Gasteiger charge is 2.23. The van der Waals surface area contributed by atoms with E-state index in [4.69, 9.17) is 4.74 Å². The van der Waals surface area contributed by atoms with E-state index in [-0.39, 0.29) is 5.91 Å². The van der Waals surface area contributed by atoms with Crippen LogP contribution in [0, 0.1) is 0 Å². The van der Waals surface area contributed by atoms with Crippen molar-refractivity contribution < 1.29 is 14.3 Å². The maximum Gasteiger partial charge on any atom is 0.294 e. The molecule has 0 spiro atoms. The normalized spacial score (nSPS) is 11.6. The smallest absolute Gasteiger partial charge is 0.294 e. The molecule has 0 saturated carbocycles. The number of likely N-dealkylation sites (N-methyl/N-ethyl adjacent to an activating group) is 1. The number of carbonyl (C=O) groups excluding carboxylic acids is 2. The Kier molecular flexibility index (Phi) is 3.85. The van der Waals surface area contributed by atoms with Crippen LogP contribution < -0.4 is 0 Å². The molecule has 1 atom stereocenters. The summed E-state index contributed by atoms with van der Waals surface area (Å²) >= 11 is 0. The first kappa shape index (κ1) is 11.2. The van der Waals surface area contributed by atoms with Crippen LogP contribution in [0.3, 0.4) is 0 Å². The molecule has 4 nitrogen and oxygen atoms in total. The van der Waals surface area contributed by atoms with Gasteiger partial charge in [-0.25, -0.2) is 0 Å². The number of rotatable bonds is 4. The SMILES string of the molecule is CN(C)C(=O)C(OC=O)c1ccccc1. The van der Waals surface area contributed by atoms with Gasteiger partial charge in [0.1, 0.15) is 0 Å². The van der Waals surface area contributed by atoms with Crippen LogP contribution in [0.15, 0.2) is 30.3 Å². The van der Waals surface area contributed by atoms with E-state index in [0.717, 1.165) is 0 Å². The van der Waals surface area contributed by atoms with Crippen molar-refractivity contribution >= 4 is 12.4 Å². The Morgan fingerprint density at radius 2 is 1.93 bits per heavy atom. The van der Waals surface area contributed by atoms with Crippen LogP contribution in [0.2, 0.25) is 0 Å². The van der Waals surface area contributed by atoms with Crippen molar-refractivity contribution in [3.8, 4) is 0 Å². The number of ether oxygens (including phenoxy) is 1. The molecular formula is C11H13NO3. The first-order chi connectivity index (χ1) is 7.16. The van der Waals surface area contributed by atoms with Crippen LogP contribution in [0.1, 0.15) is 11.7 Å². The molecule has 0 aliphatic heterocycles. The van der Waals surface area contributed by atoms with Crippen molar-refractivity contribution in [2.75, 3.05) is 14.1 Å². The molecule has 0 aliphatic carbocycles. The molecule has 1 aromatic rings. The Morgan fingerprint density at radius 3 is 2.40 bits per heavy atom. The molecule has 80 valence electrons. The van der Waals surface area contributed by atoms with Crippen LogP contribution in [0.5, 0.6) is 0 Å². The standard InChI is InChI=1S/C11H13NO3/c1-12(2)11(14)10(15-8-13)9-6-4-3-5-7-9/h3-8,10H,1-2H3. The lowest BCUT2D eigenvalue weighted by atomic mass is 10.1. The van der Waals surface area contributed by atoms with Crippen molar-refractivity contribution in [2.45, 2.75) is 6.10 Å². The highest BCUT2D eigenvalue weighted by molar-refractivity contribution is 5.82. The second kappa shape index (κ2) is 5.14. The van der Waals surface area contributed by atoms with Crippen LogP contribution in [-0.2, 0) is 14.3 Å². The van der Waals surface area contributed by atoms with Gasteiger partial charge in [0.2, 0.25) is 6.10 Å². The molecule has 1 rings (SSSR count). The minimum Gasteiger partial charge on any atom is -0.449 e. The van der Waals surface area contributed by atoms with Gasteiger partial charge < -0.3 is 9.64 Å². The maximum atomic E-state index is 11.7. The lowest BCUT2D eigenvalue weighted by molar-refractivity contribution is -0.150. The molecule has 1 amide bonds. The summed E-state index contributed by atoms with van der Waals surface area (Å²) in [5, 5.41) is 0. The van der Waals surface area contributed by atoms with Gasteiger partial charge in [0.15, 0.2) is 0 Å². The number of nitrogens with zero attached hydrogens (tertiary/aromatic N) is 1. The van der Waals surface area contributed by atoms with E-state index in [9.17, 15) is 9.59 Å². The van der Waals surface area contributed by atoms with Crippen molar-refractivity contribution in [1.82, 2.24) is 4.90 Å². The molecule has 0 N–H and O–H groups in total. The molecule has 0 bridgehead atoms. The predicted molar refractivity (Wildman–Crippen MR) is 55.0 cm³/mol. The van der Waals surface area contributed by atoms with Gasteiger partial charge in [0, 0.05) is 19.7 Å². The van der Waals surface area contributed by atoms with Gasteiger partial charge in [0.05, 0.1) is 0 Å². The average molecular weight is 207 g/mol. The molecule has 0 saturated heterocycles. The van der Waals surface area contributed by atoms with Crippen LogP contribution >= 0.6 is 0 Å². The third-order valence-electron chi connectivity index (χ3n) is 1.96. The van der Waals surface area contributed by atoms with E-state index in [0.29, 0.717) is 12.0 Å². The molecule has 0 aromatic heterocycles. The van der Waals surface area contributed by atoms with Gasteiger partial charge in [-0.3, -0.25) is 9.59 Å². The minimum atomic E-state index is -0.848. The predicted octanol–water partition coefficient (Wildman–Crippen LogP) is 0.989. The Balaban J connectivity index is 2.93.